The molecule has 1 aliphatic heterocycles. The Balaban J connectivity index is 1.32. The van der Waals surface area contributed by atoms with Gasteiger partial charge in [-0.1, -0.05) is 50.6 Å². The van der Waals surface area contributed by atoms with Crippen LogP contribution < -0.4 is 20.1 Å². The Kier molecular flexibility index (Phi) is 9.47. The lowest BCUT2D eigenvalue weighted by Crippen LogP contribution is -2.61. The Morgan fingerprint density at radius 3 is 2.36 bits per heavy atom. The maximum atomic E-state index is 14.6. The number of carbonyl (C=O) groups excluding carboxylic acids is 3. The molecule has 2 saturated carbocycles. The van der Waals surface area contributed by atoms with Gasteiger partial charge in [-0.3, -0.25) is 19.1 Å². The Hall–Kier alpha value is -4.42. The predicted molar refractivity (Wildman–Crippen MR) is 189 cm³/mol. The minimum atomic E-state index is -3.88. The van der Waals surface area contributed by atoms with Crippen LogP contribution >= 0.6 is 11.6 Å². The van der Waals surface area contributed by atoms with Crippen molar-refractivity contribution < 1.29 is 31.9 Å². The van der Waals surface area contributed by atoms with Crippen LogP contribution in [0, 0.1) is 17.2 Å². The number of amides is 3. The molecule has 1 heterocycles. The quantitative estimate of drug-likeness (QED) is 0.216. The fraction of sp³-hybridized carbons (Fsp3) is 0.378. The maximum absolute atomic E-state index is 14.6. The summed E-state index contributed by atoms with van der Waals surface area (Å²) in [4.78, 5) is 43.9. The van der Waals surface area contributed by atoms with Gasteiger partial charge in [0.25, 0.3) is 5.91 Å². The second-order valence-corrected chi connectivity index (χ2v) is 16.7. The highest BCUT2D eigenvalue weighted by molar-refractivity contribution is 7.91. The lowest BCUT2D eigenvalue weighted by atomic mass is 9.84. The smallest absolute Gasteiger partial charge is 0.259 e. The molecule has 10 nitrogen and oxygen atoms in total. The zero-order valence-corrected chi connectivity index (χ0v) is 29.6. The van der Waals surface area contributed by atoms with E-state index in [1.54, 1.807) is 42.5 Å². The van der Waals surface area contributed by atoms with E-state index in [1.165, 1.54) is 23.1 Å². The van der Waals surface area contributed by atoms with Gasteiger partial charge in [-0.25, -0.2) is 12.8 Å². The number of sulfonamides is 1. The summed E-state index contributed by atoms with van der Waals surface area (Å²) in [6.45, 7) is 9.51. The van der Waals surface area contributed by atoms with Crippen molar-refractivity contribution in [3.63, 3.8) is 0 Å². The molecule has 2 aliphatic carbocycles. The first-order valence-electron chi connectivity index (χ1n) is 16.5. The molecular formula is C37H40ClFN4O6S. The van der Waals surface area contributed by atoms with Crippen LogP contribution in [0.4, 0.5) is 10.1 Å². The molecule has 50 heavy (non-hydrogen) atoms. The number of ether oxygens (including phenoxy) is 1. The average molecular weight is 723 g/mol. The van der Waals surface area contributed by atoms with Gasteiger partial charge in [0.2, 0.25) is 21.8 Å². The molecule has 0 aromatic heterocycles. The number of nitrogens with one attached hydrogen (secondary N) is 3. The highest BCUT2D eigenvalue weighted by Gasteiger charge is 2.61. The van der Waals surface area contributed by atoms with Gasteiger partial charge in [0.1, 0.15) is 34.9 Å². The van der Waals surface area contributed by atoms with Gasteiger partial charge >= 0.3 is 0 Å². The molecule has 2 fully saturated rings. The summed E-state index contributed by atoms with van der Waals surface area (Å²) in [7, 11) is -3.88. The molecule has 6 rings (SSSR count). The number of halogens is 2. The largest absolute Gasteiger partial charge is 0.457 e. The van der Waals surface area contributed by atoms with Crippen molar-refractivity contribution >= 4 is 45.0 Å². The van der Waals surface area contributed by atoms with Gasteiger partial charge < -0.3 is 20.3 Å². The molecule has 3 aromatic rings. The number of benzene rings is 3. The molecule has 13 heteroatoms. The third kappa shape index (κ3) is 7.51. The van der Waals surface area contributed by atoms with E-state index in [9.17, 15) is 27.2 Å². The fourth-order valence-electron chi connectivity index (χ4n) is 6.30. The van der Waals surface area contributed by atoms with Gasteiger partial charge in [-0.2, -0.15) is 0 Å². The molecule has 0 spiro atoms. The van der Waals surface area contributed by atoms with E-state index in [0.29, 0.717) is 35.1 Å². The van der Waals surface area contributed by atoms with Crippen LogP contribution in [0.2, 0.25) is 5.02 Å². The first-order valence-corrected chi connectivity index (χ1v) is 18.4. The van der Waals surface area contributed by atoms with Gasteiger partial charge in [0.05, 0.1) is 5.25 Å². The van der Waals surface area contributed by atoms with Crippen LogP contribution in [-0.4, -0.2) is 53.9 Å². The molecule has 4 atom stereocenters. The van der Waals surface area contributed by atoms with E-state index in [1.807, 2.05) is 32.9 Å². The maximum Gasteiger partial charge on any atom is 0.259 e. The highest BCUT2D eigenvalue weighted by Crippen LogP contribution is 2.45. The molecule has 2 unspecified atom stereocenters. The SMILES string of the molecule is C=C[C@@H]1CC1(NC(=O)C1Cc2cc(Oc3cccc(Cl)c3)ccc2CN1C(=O)[C@@H](Nc1ccc(F)cc1)C(C)(C)C)C(=O)NS(=O)(=O)C1CC1. The molecule has 0 radical (unpaired) electrons. The van der Waals surface area contributed by atoms with E-state index >= 15 is 0 Å². The summed E-state index contributed by atoms with van der Waals surface area (Å²) in [5, 5.41) is 5.96. The summed E-state index contributed by atoms with van der Waals surface area (Å²) < 4.78 is 47.3. The van der Waals surface area contributed by atoms with Crippen LogP contribution in [0.5, 0.6) is 11.5 Å². The lowest BCUT2D eigenvalue weighted by Gasteiger charge is -2.41. The Morgan fingerprint density at radius 1 is 1.04 bits per heavy atom. The van der Waals surface area contributed by atoms with Gasteiger partial charge in [0, 0.05) is 29.6 Å². The predicted octanol–water partition coefficient (Wildman–Crippen LogP) is 5.72. The van der Waals surface area contributed by atoms with Gasteiger partial charge in [0.15, 0.2) is 0 Å². The molecule has 3 aromatic carbocycles. The number of carbonyl (C=O) groups is 3. The van der Waals surface area contributed by atoms with Gasteiger partial charge in [-0.15, -0.1) is 6.58 Å². The Morgan fingerprint density at radius 2 is 1.74 bits per heavy atom. The van der Waals surface area contributed by atoms with Gasteiger partial charge in [-0.05, 0) is 90.4 Å². The Bertz CT molecular complexity index is 1950. The minimum absolute atomic E-state index is 0.0710. The van der Waals surface area contributed by atoms with Crippen molar-refractivity contribution in [2.45, 2.75) is 75.9 Å². The summed E-state index contributed by atoms with van der Waals surface area (Å²) in [5.74, 6) is -1.69. The zero-order valence-electron chi connectivity index (χ0n) is 28.0. The number of rotatable bonds is 11. The average Bonchev–Trinajstić information content (AvgIpc) is 3.99. The Labute approximate surface area is 296 Å². The van der Waals surface area contributed by atoms with Crippen LogP contribution in [0.25, 0.3) is 0 Å². The van der Waals surface area contributed by atoms with Crippen LogP contribution in [0.1, 0.15) is 51.2 Å². The standard InChI is InChI=1S/C37H40ClFN4O6S/c1-5-24-20-37(24,35(46)42-50(47,48)30-15-16-30)41-33(44)31-18-23-17-29(49-28-8-6-7-25(38)19-28)14-9-22(23)21-43(31)34(45)32(36(2,3)4)40-27-12-10-26(39)11-13-27/h5-14,17,19,24,30-32,40H,1,15-16,18,20-21H2,2-4H3,(H,41,44)(H,42,46)/t24-,31?,32-,37?/m1/s1. The molecule has 264 valence electrons. The van der Waals surface area contributed by atoms with E-state index < -0.39 is 61.9 Å². The second-order valence-electron chi connectivity index (χ2n) is 14.3. The third-order valence-electron chi connectivity index (χ3n) is 9.44. The van der Waals surface area contributed by atoms with Crippen molar-refractivity contribution in [1.82, 2.24) is 14.9 Å². The molecule has 0 saturated heterocycles. The summed E-state index contributed by atoms with van der Waals surface area (Å²) >= 11 is 6.14. The van der Waals surface area contributed by atoms with Crippen molar-refractivity contribution in [2.24, 2.45) is 11.3 Å². The van der Waals surface area contributed by atoms with Crippen molar-refractivity contribution in [1.29, 1.82) is 0 Å². The van der Waals surface area contributed by atoms with Crippen molar-refractivity contribution in [2.75, 3.05) is 5.32 Å². The summed E-state index contributed by atoms with van der Waals surface area (Å²) in [6.07, 6.45) is 2.71. The number of hydrogen-bond acceptors (Lipinski definition) is 7. The van der Waals surface area contributed by atoms with Crippen LogP contribution in [0.3, 0.4) is 0 Å². The number of fused-ring (bicyclic) bond motifs is 1. The van der Waals surface area contributed by atoms with Crippen LogP contribution in [0.15, 0.2) is 79.4 Å². The van der Waals surface area contributed by atoms with Crippen molar-refractivity contribution in [3.05, 3.63) is 101 Å². The first-order chi connectivity index (χ1) is 23.6. The monoisotopic (exact) mass is 722 g/mol. The molecule has 3 aliphatic rings. The first kappa shape index (κ1) is 35.4. The lowest BCUT2D eigenvalue weighted by molar-refractivity contribution is -0.145. The van der Waals surface area contributed by atoms with E-state index in [0.717, 1.165) is 11.1 Å². The molecular weight excluding hydrogens is 683 g/mol. The zero-order chi connectivity index (χ0) is 36.0. The topological polar surface area (TPSA) is 134 Å². The van der Waals surface area contributed by atoms with Crippen molar-refractivity contribution in [3.8, 4) is 11.5 Å². The molecule has 3 amide bonds. The normalized spacial score (nSPS) is 22.1. The molecule has 3 N–H and O–H groups in total. The number of anilines is 1. The molecule has 0 bridgehead atoms. The summed E-state index contributed by atoms with van der Waals surface area (Å²) in [6, 6.07) is 16.1. The van der Waals surface area contributed by atoms with E-state index in [4.69, 9.17) is 16.3 Å². The third-order valence-corrected chi connectivity index (χ3v) is 11.5. The minimum Gasteiger partial charge on any atom is -0.457 e. The summed E-state index contributed by atoms with van der Waals surface area (Å²) in [5.41, 5.74) is -0.0833. The van der Waals surface area contributed by atoms with E-state index in [2.05, 4.69) is 21.9 Å². The highest BCUT2D eigenvalue weighted by atomic mass is 35.5. The number of hydrogen-bond donors (Lipinski definition) is 3. The number of nitrogens with zero attached hydrogens (tertiary/aromatic N) is 1. The van der Waals surface area contributed by atoms with E-state index in [-0.39, 0.29) is 25.3 Å². The van der Waals surface area contributed by atoms with Crippen LogP contribution in [-0.2, 0) is 37.4 Å². The fourth-order valence-corrected chi connectivity index (χ4v) is 7.85. The second kappa shape index (κ2) is 13.4.